The fourth-order valence-electron chi connectivity index (χ4n) is 4.52. The Balaban J connectivity index is 1.35. The second kappa shape index (κ2) is 11.3. The summed E-state index contributed by atoms with van der Waals surface area (Å²) in [5.74, 6) is -0.178. The zero-order valence-electron chi connectivity index (χ0n) is 21.9. The standard InChI is InChI=1S/C29H24F2N6O4/c1-39-26(38)20-8-6-18(7-9-20)19-10-12-21(13-11-19)41-29-34-27(36-14-16-40-17-15-36)33-28(35-29)37-23-5-3-2-4-22(23)32-25(37)24(30)31/h2-13,24H,14-17H2,1H3. The quantitative estimate of drug-likeness (QED) is 0.248. The number of para-hydroxylation sites is 2. The molecule has 0 unspecified atom stereocenters. The van der Waals surface area contributed by atoms with Crippen molar-refractivity contribution in [3.63, 3.8) is 0 Å². The Kier molecular flexibility index (Phi) is 7.21. The van der Waals surface area contributed by atoms with Gasteiger partial charge in [0.25, 0.3) is 6.43 Å². The molecule has 0 N–H and O–H groups in total. The van der Waals surface area contributed by atoms with Crippen molar-refractivity contribution in [2.24, 2.45) is 0 Å². The number of morpholine rings is 1. The van der Waals surface area contributed by atoms with Crippen LogP contribution in [0.15, 0.2) is 72.8 Å². The summed E-state index contributed by atoms with van der Waals surface area (Å²) in [5, 5.41) is 0. The van der Waals surface area contributed by atoms with Crippen LogP contribution < -0.4 is 9.64 Å². The summed E-state index contributed by atoms with van der Waals surface area (Å²) in [5.41, 5.74) is 3.08. The third kappa shape index (κ3) is 5.41. The number of fused-ring (bicyclic) bond motifs is 1. The molecule has 1 aliphatic heterocycles. The molecule has 0 saturated carbocycles. The molecular weight excluding hydrogens is 534 g/mol. The van der Waals surface area contributed by atoms with Crippen LogP contribution in [0, 0.1) is 0 Å². The van der Waals surface area contributed by atoms with Gasteiger partial charge in [0.05, 0.1) is 36.9 Å². The van der Waals surface area contributed by atoms with Gasteiger partial charge in [-0.15, -0.1) is 0 Å². The zero-order valence-corrected chi connectivity index (χ0v) is 21.9. The summed E-state index contributed by atoms with van der Waals surface area (Å²) in [6, 6.07) is 21.0. The third-order valence-electron chi connectivity index (χ3n) is 6.57. The van der Waals surface area contributed by atoms with Crippen LogP contribution in [0.4, 0.5) is 14.7 Å². The van der Waals surface area contributed by atoms with Crippen molar-refractivity contribution in [3.05, 3.63) is 84.2 Å². The van der Waals surface area contributed by atoms with E-state index in [4.69, 9.17) is 14.2 Å². The van der Waals surface area contributed by atoms with Crippen LogP contribution >= 0.6 is 0 Å². The Morgan fingerprint density at radius 2 is 1.51 bits per heavy atom. The predicted octanol–water partition coefficient (Wildman–Crippen LogP) is 5.23. The average Bonchev–Trinajstić information content (AvgIpc) is 3.42. The van der Waals surface area contributed by atoms with Gasteiger partial charge in [0.15, 0.2) is 5.82 Å². The maximum Gasteiger partial charge on any atom is 0.337 e. The maximum absolute atomic E-state index is 14.1. The Morgan fingerprint density at radius 1 is 0.854 bits per heavy atom. The Bertz CT molecular complexity index is 1690. The highest BCUT2D eigenvalue weighted by Gasteiger charge is 2.25. The summed E-state index contributed by atoms with van der Waals surface area (Å²) in [6.45, 7) is 2.02. The van der Waals surface area contributed by atoms with Gasteiger partial charge in [-0.25, -0.2) is 18.6 Å². The molecule has 0 radical (unpaired) electrons. The molecule has 0 spiro atoms. The number of ether oxygens (including phenoxy) is 3. The minimum Gasteiger partial charge on any atom is -0.465 e. The number of nitrogens with zero attached hydrogens (tertiary/aromatic N) is 6. The van der Waals surface area contributed by atoms with Crippen LogP contribution in [0.2, 0.25) is 0 Å². The number of carbonyl (C=O) groups excluding carboxylic acids is 1. The number of benzene rings is 3. The molecule has 0 bridgehead atoms. The summed E-state index contributed by atoms with van der Waals surface area (Å²) < 4.78 is 45.6. The number of rotatable bonds is 7. The molecule has 3 aromatic carbocycles. The van der Waals surface area contributed by atoms with Crippen LogP contribution in [0.5, 0.6) is 11.8 Å². The molecule has 208 valence electrons. The molecular formula is C29H24F2N6O4. The number of hydrogen-bond acceptors (Lipinski definition) is 9. The molecule has 41 heavy (non-hydrogen) atoms. The highest BCUT2D eigenvalue weighted by molar-refractivity contribution is 5.90. The van der Waals surface area contributed by atoms with Gasteiger partial charge in [0, 0.05) is 13.1 Å². The molecule has 1 aliphatic rings. The van der Waals surface area contributed by atoms with Crippen molar-refractivity contribution in [2.45, 2.75) is 6.43 Å². The second-order valence-electron chi connectivity index (χ2n) is 9.11. The first-order valence-electron chi connectivity index (χ1n) is 12.8. The van der Waals surface area contributed by atoms with Crippen LogP contribution in [-0.2, 0) is 9.47 Å². The van der Waals surface area contributed by atoms with Gasteiger partial charge in [-0.1, -0.05) is 36.4 Å². The molecule has 0 aliphatic carbocycles. The first-order valence-corrected chi connectivity index (χ1v) is 12.8. The van der Waals surface area contributed by atoms with Gasteiger partial charge >= 0.3 is 12.0 Å². The number of anilines is 1. The lowest BCUT2D eigenvalue weighted by Crippen LogP contribution is -2.37. The number of carbonyl (C=O) groups is 1. The average molecular weight is 559 g/mol. The summed E-state index contributed by atoms with van der Waals surface area (Å²) >= 11 is 0. The summed E-state index contributed by atoms with van der Waals surface area (Å²) in [7, 11) is 1.34. The summed E-state index contributed by atoms with van der Waals surface area (Å²) in [6.07, 6.45) is -2.86. The van der Waals surface area contributed by atoms with E-state index in [0.717, 1.165) is 11.1 Å². The van der Waals surface area contributed by atoms with Crippen LogP contribution in [0.3, 0.4) is 0 Å². The Hall–Kier alpha value is -4.97. The molecule has 0 atom stereocenters. The summed E-state index contributed by atoms with van der Waals surface area (Å²) in [4.78, 5) is 31.2. The Labute approximate surface area is 233 Å². The molecule has 1 fully saturated rings. The second-order valence-corrected chi connectivity index (χ2v) is 9.11. The van der Waals surface area contributed by atoms with E-state index in [9.17, 15) is 13.6 Å². The number of hydrogen-bond donors (Lipinski definition) is 0. The number of methoxy groups -OCH3 is 1. The zero-order chi connectivity index (χ0) is 28.3. The molecule has 6 rings (SSSR count). The van der Waals surface area contributed by atoms with E-state index >= 15 is 0 Å². The third-order valence-corrected chi connectivity index (χ3v) is 6.57. The van der Waals surface area contributed by atoms with E-state index in [0.29, 0.717) is 48.6 Å². The lowest BCUT2D eigenvalue weighted by molar-refractivity contribution is 0.0600. The highest BCUT2D eigenvalue weighted by Crippen LogP contribution is 2.30. The van der Waals surface area contributed by atoms with E-state index in [-0.39, 0.29) is 17.9 Å². The molecule has 2 aromatic heterocycles. The van der Waals surface area contributed by atoms with Crippen LogP contribution in [0.1, 0.15) is 22.6 Å². The number of aromatic nitrogens is 5. The van der Waals surface area contributed by atoms with Crippen molar-refractivity contribution in [2.75, 3.05) is 38.3 Å². The normalized spacial score (nSPS) is 13.5. The molecule has 10 nitrogen and oxygen atoms in total. The lowest BCUT2D eigenvalue weighted by Gasteiger charge is -2.27. The minimum absolute atomic E-state index is 0.0252. The van der Waals surface area contributed by atoms with Gasteiger partial charge in [-0.3, -0.25) is 4.57 Å². The largest absolute Gasteiger partial charge is 0.465 e. The number of esters is 1. The molecule has 1 saturated heterocycles. The number of imidazole rings is 1. The first-order chi connectivity index (χ1) is 20.0. The minimum atomic E-state index is -2.86. The van der Waals surface area contributed by atoms with Crippen LogP contribution in [0.25, 0.3) is 28.1 Å². The van der Waals surface area contributed by atoms with Crippen molar-refractivity contribution in [1.29, 1.82) is 0 Å². The molecule has 5 aromatic rings. The van der Waals surface area contributed by atoms with E-state index < -0.39 is 18.2 Å². The number of alkyl halides is 2. The fourth-order valence-corrected chi connectivity index (χ4v) is 4.52. The maximum atomic E-state index is 14.1. The van der Waals surface area contributed by atoms with Crippen molar-refractivity contribution in [1.82, 2.24) is 24.5 Å². The SMILES string of the molecule is COC(=O)c1ccc(-c2ccc(Oc3nc(N4CCOCC4)nc(-n4c(C(F)F)nc5ccccc54)n3)cc2)cc1. The highest BCUT2D eigenvalue weighted by atomic mass is 19.3. The Morgan fingerprint density at radius 3 is 2.20 bits per heavy atom. The van der Waals surface area contributed by atoms with Crippen LogP contribution in [-0.4, -0.2) is 63.9 Å². The fraction of sp³-hybridized carbons (Fsp3) is 0.207. The van der Waals surface area contributed by atoms with Gasteiger partial charge in [0.1, 0.15) is 5.75 Å². The van der Waals surface area contributed by atoms with Gasteiger partial charge in [0.2, 0.25) is 11.9 Å². The lowest BCUT2D eigenvalue weighted by atomic mass is 10.0. The molecule has 0 amide bonds. The first kappa shape index (κ1) is 26.3. The molecule has 12 heteroatoms. The topological polar surface area (TPSA) is 104 Å². The van der Waals surface area contributed by atoms with E-state index in [1.165, 1.54) is 11.7 Å². The van der Waals surface area contributed by atoms with Crippen molar-refractivity contribution in [3.8, 4) is 28.8 Å². The molecule has 3 heterocycles. The van der Waals surface area contributed by atoms with Gasteiger partial charge in [-0.2, -0.15) is 15.0 Å². The van der Waals surface area contributed by atoms with Crippen molar-refractivity contribution >= 4 is 23.0 Å². The van der Waals surface area contributed by atoms with Gasteiger partial charge in [-0.05, 0) is 47.5 Å². The van der Waals surface area contributed by atoms with Crippen molar-refractivity contribution < 1.29 is 27.8 Å². The smallest absolute Gasteiger partial charge is 0.337 e. The monoisotopic (exact) mass is 558 g/mol. The van der Waals surface area contributed by atoms with E-state index in [2.05, 4.69) is 19.9 Å². The number of halogens is 2. The van der Waals surface area contributed by atoms with E-state index in [1.54, 1.807) is 48.5 Å². The predicted molar refractivity (Wildman–Crippen MR) is 146 cm³/mol. The van der Waals surface area contributed by atoms with E-state index in [1.807, 2.05) is 29.2 Å². The van der Waals surface area contributed by atoms with Gasteiger partial charge < -0.3 is 19.1 Å².